The minimum Gasteiger partial charge on any atom is -0.394 e. The molecule has 1 saturated heterocycles. The topological polar surface area (TPSA) is 105 Å². The molecule has 0 radical (unpaired) electrons. The van der Waals surface area contributed by atoms with Crippen LogP contribution >= 0.6 is 0 Å². The van der Waals surface area contributed by atoms with Crippen molar-refractivity contribution in [3.8, 4) is 0 Å². The van der Waals surface area contributed by atoms with E-state index in [1.165, 1.54) is 10.8 Å². The number of rotatable bonds is 2. The molecule has 94 valence electrons. The Hall–Kier alpha value is -1.44. The Labute approximate surface area is 96.3 Å². The van der Waals surface area contributed by atoms with Crippen molar-refractivity contribution in [2.24, 2.45) is 0 Å². The molecule has 3 atom stereocenters. The van der Waals surface area contributed by atoms with Gasteiger partial charge >= 0.3 is 5.69 Å². The minimum atomic E-state index is -0.816. The van der Waals surface area contributed by atoms with Gasteiger partial charge in [-0.15, -0.1) is 0 Å². The van der Waals surface area contributed by atoms with Crippen molar-refractivity contribution in [2.75, 3.05) is 6.61 Å². The highest BCUT2D eigenvalue weighted by atomic mass is 16.6. The Balaban J connectivity index is 2.34. The van der Waals surface area contributed by atoms with E-state index in [0.29, 0.717) is 5.56 Å². The fourth-order valence-corrected chi connectivity index (χ4v) is 1.85. The Morgan fingerprint density at radius 1 is 1.59 bits per heavy atom. The molecule has 7 nitrogen and oxygen atoms in total. The van der Waals surface area contributed by atoms with Gasteiger partial charge in [0, 0.05) is 18.2 Å². The molecular formula is C10H14N2O5. The number of aliphatic hydroxyl groups is 2. The Kier molecular flexibility index (Phi) is 3.14. The van der Waals surface area contributed by atoms with E-state index < -0.39 is 29.7 Å². The van der Waals surface area contributed by atoms with Crippen LogP contribution in [0.3, 0.4) is 0 Å². The van der Waals surface area contributed by atoms with Crippen LogP contribution in [0.2, 0.25) is 0 Å². The zero-order valence-corrected chi connectivity index (χ0v) is 9.29. The number of nitrogens with one attached hydrogen (secondary N) is 1. The number of aromatic amines is 1. The molecule has 0 aliphatic carbocycles. The summed E-state index contributed by atoms with van der Waals surface area (Å²) in [4.78, 5) is 24.9. The van der Waals surface area contributed by atoms with E-state index in [1.807, 2.05) is 0 Å². The molecule has 2 rings (SSSR count). The lowest BCUT2D eigenvalue weighted by Crippen LogP contribution is -2.33. The second-order valence-corrected chi connectivity index (χ2v) is 4.09. The third-order valence-electron chi connectivity index (χ3n) is 2.84. The first-order valence-electron chi connectivity index (χ1n) is 5.29. The average molecular weight is 245 g/mol. The van der Waals surface area contributed by atoms with Gasteiger partial charge in [0.2, 0.25) is 0 Å². The van der Waals surface area contributed by atoms with Crippen molar-refractivity contribution in [1.82, 2.24) is 9.55 Å². The molecule has 1 fully saturated rings. The van der Waals surface area contributed by atoms with Gasteiger partial charge in [0.05, 0.1) is 12.7 Å². The monoisotopic (exact) mass is 245 g/mol. The molecule has 0 bridgehead atoms. The summed E-state index contributed by atoms with van der Waals surface area (Å²) in [5.74, 6) is 0. The van der Waals surface area contributed by atoms with Crippen LogP contribution in [0.5, 0.6) is 0 Å². The molecule has 0 unspecified atom stereocenters. The largest absolute Gasteiger partial charge is 0.394 e. The highest BCUT2D eigenvalue weighted by molar-refractivity contribution is 5.02. The summed E-state index contributed by atoms with van der Waals surface area (Å²) in [5, 5.41) is 18.5. The number of hydrogen-bond donors (Lipinski definition) is 3. The van der Waals surface area contributed by atoms with Crippen molar-refractivity contribution in [3.05, 3.63) is 32.6 Å². The van der Waals surface area contributed by atoms with E-state index in [0.717, 1.165) is 0 Å². The van der Waals surface area contributed by atoms with E-state index in [9.17, 15) is 14.7 Å². The summed E-state index contributed by atoms with van der Waals surface area (Å²) in [6, 6.07) is 0. The van der Waals surface area contributed by atoms with Crippen LogP contribution in [-0.2, 0) is 4.74 Å². The van der Waals surface area contributed by atoms with Crippen molar-refractivity contribution >= 4 is 0 Å². The number of aromatic nitrogens is 2. The molecule has 1 aromatic heterocycles. The summed E-state index contributed by atoms with van der Waals surface area (Å²) in [6.45, 7) is 1.26. The van der Waals surface area contributed by atoms with Crippen LogP contribution in [0.25, 0.3) is 0 Å². The quantitative estimate of drug-likeness (QED) is 0.587. The zero-order valence-electron chi connectivity index (χ0n) is 9.29. The Morgan fingerprint density at radius 2 is 2.29 bits per heavy atom. The SMILES string of the molecule is Cc1c[15n]([C@H]2C[C@H](O)[C@@H](CO)O2)[13c](=O)[15nH]c1=O. The fourth-order valence-electron chi connectivity index (χ4n) is 1.85. The lowest BCUT2D eigenvalue weighted by atomic mass is 10.2. The summed E-state index contributed by atoms with van der Waals surface area (Å²) in [6.07, 6.45) is -0.581. The predicted octanol–water partition coefficient (Wildman–Crippen LogP) is -1.51. The van der Waals surface area contributed by atoms with Crippen molar-refractivity contribution in [3.63, 3.8) is 0 Å². The number of nitrogens with zero attached hydrogens (tertiary/aromatic N) is 1. The van der Waals surface area contributed by atoms with Gasteiger partial charge < -0.3 is 14.9 Å². The van der Waals surface area contributed by atoms with E-state index in [4.69, 9.17) is 9.84 Å². The summed E-state index contributed by atoms with van der Waals surface area (Å²) < 4.78 is 6.54. The maximum Gasteiger partial charge on any atom is 0.330 e. The number of hydrogen-bond acceptors (Lipinski definition) is 5. The molecule has 1 aromatic rings. The summed E-state index contributed by atoms with van der Waals surface area (Å²) in [5.41, 5.74) is -0.643. The van der Waals surface area contributed by atoms with Crippen LogP contribution in [0, 0.1) is 6.92 Å². The zero-order chi connectivity index (χ0) is 12.6. The minimum absolute atomic E-state index is 0.205. The first-order chi connectivity index (χ1) is 8.02. The molecule has 3 N–H and O–H groups in total. The maximum atomic E-state index is 11.6. The van der Waals surface area contributed by atoms with Gasteiger partial charge in [0.25, 0.3) is 5.56 Å². The number of ether oxygens (including phenoxy) is 1. The van der Waals surface area contributed by atoms with Gasteiger partial charge in [-0.3, -0.25) is 14.3 Å². The lowest BCUT2D eigenvalue weighted by Gasteiger charge is -2.14. The van der Waals surface area contributed by atoms with Crippen molar-refractivity contribution in [1.29, 1.82) is 0 Å². The van der Waals surface area contributed by atoms with Gasteiger partial charge in [-0.2, -0.15) is 0 Å². The first kappa shape index (κ1) is 12.0. The third kappa shape index (κ3) is 2.17. The molecule has 0 saturated carbocycles. The molecule has 0 aromatic carbocycles. The normalized spacial score (nSPS) is 28.5. The maximum absolute atomic E-state index is 11.6. The number of aliphatic hydroxyl groups excluding tert-OH is 2. The molecule has 0 spiro atoms. The van der Waals surface area contributed by atoms with E-state index in [1.54, 1.807) is 6.92 Å². The van der Waals surface area contributed by atoms with Crippen molar-refractivity contribution in [2.45, 2.75) is 31.8 Å². The first-order valence-corrected chi connectivity index (χ1v) is 5.29. The van der Waals surface area contributed by atoms with Crippen LogP contribution in [-0.4, -0.2) is 38.6 Å². The van der Waals surface area contributed by atoms with Gasteiger partial charge in [-0.05, 0) is 6.92 Å². The summed E-state index contributed by atoms with van der Waals surface area (Å²) >= 11 is 0. The highest BCUT2D eigenvalue weighted by Crippen LogP contribution is 2.27. The van der Waals surface area contributed by atoms with Crippen molar-refractivity contribution < 1.29 is 14.9 Å². The molecule has 0 amide bonds. The smallest absolute Gasteiger partial charge is 0.330 e. The molecule has 1 aliphatic heterocycles. The number of H-pyrrole nitrogens is 1. The third-order valence-corrected chi connectivity index (χ3v) is 2.84. The number of aryl methyl sites for hydroxylation is 1. The van der Waals surface area contributed by atoms with E-state index in [-0.39, 0.29) is 13.0 Å². The van der Waals surface area contributed by atoms with Gasteiger partial charge in [0.1, 0.15) is 12.3 Å². The fraction of sp³-hybridized carbons (Fsp3) is 0.600. The van der Waals surface area contributed by atoms with Gasteiger partial charge in [-0.25, -0.2) is 4.79 Å². The standard InChI is InChI=1S/C10H14N2O5/c1-5-3-12(10(16)11-9(5)15)8-2-6(14)7(4-13)17-8/h3,6-8,13-14H,2,4H2,1H3,(H,11,15,16)/t6-,7+,8+/m0/s1/i10+1,11+1,12+1. The molecule has 7 heteroatoms. The Bertz CT molecular complexity index is 520. The second kappa shape index (κ2) is 4.44. The van der Waals surface area contributed by atoms with Gasteiger partial charge in [0.15, 0.2) is 0 Å². The predicted molar refractivity (Wildman–Crippen MR) is 57.7 cm³/mol. The van der Waals surface area contributed by atoms with Crippen LogP contribution in [0.15, 0.2) is 15.8 Å². The average Bonchev–Trinajstić information content (AvgIpc) is 2.65. The van der Waals surface area contributed by atoms with Crippen LogP contribution in [0.4, 0.5) is 0 Å². The molecule has 17 heavy (non-hydrogen) atoms. The molecule has 2 heterocycles. The molecular weight excluding hydrogens is 231 g/mol. The van der Waals surface area contributed by atoms with Crippen LogP contribution in [0.1, 0.15) is 18.2 Å². The molecule has 1 aliphatic rings. The van der Waals surface area contributed by atoms with Gasteiger partial charge in [-0.1, -0.05) is 0 Å². The Morgan fingerprint density at radius 3 is 2.88 bits per heavy atom. The van der Waals surface area contributed by atoms with E-state index >= 15 is 0 Å². The van der Waals surface area contributed by atoms with Crippen LogP contribution < -0.4 is 11.2 Å². The second-order valence-electron chi connectivity index (χ2n) is 4.09. The highest BCUT2D eigenvalue weighted by Gasteiger charge is 2.34. The van der Waals surface area contributed by atoms with E-state index in [2.05, 4.69) is 4.98 Å². The lowest BCUT2D eigenvalue weighted by molar-refractivity contribution is -0.0459. The summed E-state index contributed by atoms with van der Waals surface area (Å²) in [7, 11) is 0.